The molecule has 1 aliphatic rings. The smallest absolute Gasteiger partial charge is 0.256 e. The molecule has 2 atom stereocenters. The van der Waals surface area contributed by atoms with Crippen molar-refractivity contribution in [2.24, 2.45) is 0 Å². The maximum absolute atomic E-state index is 13.0. The van der Waals surface area contributed by atoms with Crippen LogP contribution in [0.15, 0.2) is 18.2 Å². The summed E-state index contributed by atoms with van der Waals surface area (Å²) in [5, 5.41) is 3.94. The number of carbonyl (C=O) groups is 1. The lowest BCUT2D eigenvalue weighted by atomic mass is 9.96. The third kappa shape index (κ3) is 3.70. The van der Waals surface area contributed by atoms with E-state index in [-0.39, 0.29) is 5.91 Å². The average Bonchev–Trinajstić information content (AvgIpc) is 2.45. The first-order chi connectivity index (χ1) is 10.0. The van der Waals surface area contributed by atoms with Gasteiger partial charge in [-0.2, -0.15) is 0 Å². The Balaban J connectivity index is 2.30. The number of likely N-dealkylation sites (tertiary alicyclic amines) is 1. The largest absolute Gasteiger partial charge is 0.384 e. The molecule has 1 N–H and O–H groups in total. The molecule has 0 bridgehead atoms. The van der Waals surface area contributed by atoms with Crippen molar-refractivity contribution in [1.29, 1.82) is 0 Å². The Kier molecular flexibility index (Phi) is 5.51. The summed E-state index contributed by atoms with van der Waals surface area (Å²) in [6.07, 6.45) is 4.37. The quantitative estimate of drug-likeness (QED) is 0.884. The molecule has 2 rings (SSSR count). The molecule has 0 spiro atoms. The number of carbonyl (C=O) groups excluding carboxylic acids is 1. The molecule has 2 unspecified atom stereocenters. The molecule has 4 heteroatoms. The molecule has 3 nitrogen and oxygen atoms in total. The van der Waals surface area contributed by atoms with Crippen molar-refractivity contribution in [3.05, 3.63) is 28.8 Å². The fourth-order valence-corrected chi connectivity index (χ4v) is 3.24. The average molecular weight is 309 g/mol. The Hall–Kier alpha value is -1.22. The van der Waals surface area contributed by atoms with Crippen molar-refractivity contribution < 1.29 is 4.79 Å². The van der Waals surface area contributed by atoms with Gasteiger partial charge in [0.05, 0.1) is 5.56 Å². The second-order valence-electron chi connectivity index (χ2n) is 5.96. The van der Waals surface area contributed by atoms with Gasteiger partial charge in [0.15, 0.2) is 0 Å². The van der Waals surface area contributed by atoms with Crippen LogP contribution in [0, 0.1) is 0 Å². The van der Waals surface area contributed by atoms with E-state index in [1.54, 1.807) is 6.07 Å². The summed E-state index contributed by atoms with van der Waals surface area (Å²) < 4.78 is 0. The third-order valence-corrected chi connectivity index (χ3v) is 4.44. The van der Waals surface area contributed by atoms with E-state index in [1.807, 2.05) is 17.0 Å². The molecule has 0 saturated carbocycles. The summed E-state index contributed by atoms with van der Waals surface area (Å²) >= 11 is 6.11. The van der Waals surface area contributed by atoms with Crippen LogP contribution in [-0.4, -0.2) is 29.4 Å². The van der Waals surface area contributed by atoms with E-state index in [0.717, 1.165) is 31.5 Å². The summed E-state index contributed by atoms with van der Waals surface area (Å²) in [7, 11) is 0. The van der Waals surface area contributed by atoms with Gasteiger partial charge in [0.2, 0.25) is 0 Å². The number of nitrogens with zero attached hydrogens (tertiary/aromatic N) is 1. The van der Waals surface area contributed by atoms with Crippen LogP contribution in [0.1, 0.15) is 56.8 Å². The zero-order valence-electron chi connectivity index (χ0n) is 13.2. The Morgan fingerprint density at radius 1 is 1.33 bits per heavy atom. The minimum Gasteiger partial charge on any atom is -0.384 e. The first-order valence-corrected chi connectivity index (χ1v) is 8.28. The molecule has 1 amide bonds. The van der Waals surface area contributed by atoms with Gasteiger partial charge >= 0.3 is 0 Å². The molecule has 1 fully saturated rings. The summed E-state index contributed by atoms with van der Waals surface area (Å²) in [4.78, 5) is 15.0. The van der Waals surface area contributed by atoms with Gasteiger partial charge < -0.3 is 10.2 Å². The van der Waals surface area contributed by atoms with Crippen molar-refractivity contribution in [2.75, 3.05) is 11.9 Å². The third-order valence-electron chi connectivity index (χ3n) is 4.21. The Morgan fingerprint density at radius 3 is 2.62 bits per heavy atom. The second-order valence-corrected chi connectivity index (χ2v) is 6.39. The first kappa shape index (κ1) is 16.2. The van der Waals surface area contributed by atoms with Gasteiger partial charge in [-0.1, -0.05) is 18.5 Å². The molecule has 0 radical (unpaired) electrons. The molecule has 1 aliphatic heterocycles. The molecular formula is C17H25ClN2O. The number of piperidine rings is 1. The maximum atomic E-state index is 13.0. The minimum atomic E-state index is 0.0933. The zero-order chi connectivity index (χ0) is 15.4. The number of rotatable bonds is 4. The van der Waals surface area contributed by atoms with Gasteiger partial charge in [-0.05, 0) is 57.7 Å². The van der Waals surface area contributed by atoms with E-state index in [1.165, 1.54) is 6.42 Å². The highest BCUT2D eigenvalue weighted by Crippen LogP contribution is 2.28. The van der Waals surface area contributed by atoms with Crippen molar-refractivity contribution in [1.82, 2.24) is 4.90 Å². The summed E-state index contributed by atoms with van der Waals surface area (Å²) in [6, 6.07) is 6.11. The SMILES string of the molecule is CCCNc1ccc(Cl)cc1C(=O)N1C(C)CCCC1C. The van der Waals surface area contributed by atoms with Crippen molar-refractivity contribution >= 4 is 23.2 Å². The fourth-order valence-electron chi connectivity index (χ4n) is 3.07. The van der Waals surface area contributed by atoms with Crippen LogP contribution in [0.2, 0.25) is 5.02 Å². The van der Waals surface area contributed by atoms with Crippen LogP contribution < -0.4 is 5.32 Å². The molecule has 1 aromatic rings. The van der Waals surface area contributed by atoms with Gasteiger partial charge in [0.1, 0.15) is 0 Å². The highest BCUT2D eigenvalue weighted by Gasteiger charge is 2.30. The van der Waals surface area contributed by atoms with E-state index in [0.29, 0.717) is 22.7 Å². The summed E-state index contributed by atoms with van der Waals surface area (Å²) in [5.41, 5.74) is 1.58. The van der Waals surface area contributed by atoms with Crippen LogP contribution in [0.25, 0.3) is 0 Å². The number of nitrogens with one attached hydrogen (secondary N) is 1. The van der Waals surface area contributed by atoms with Gasteiger partial charge in [-0.15, -0.1) is 0 Å². The van der Waals surface area contributed by atoms with E-state index in [2.05, 4.69) is 26.1 Å². The number of hydrogen-bond acceptors (Lipinski definition) is 2. The molecule has 1 saturated heterocycles. The van der Waals surface area contributed by atoms with Gasteiger partial charge in [0, 0.05) is 29.3 Å². The molecule has 1 aromatic carbocycles. The lowest BCUT2D eigenvalue weighted by Gasteiger charge is -2.39. The highest BCUT2D eigenvalue weighted by molar-refractivity contribution is 6.31. The van der Waals surface area contributed by atoms with E-state index >= 15 is 0 Å². The number of amides is 1. The predicted octanol–water partition coefficient (Wildman–Crippen LogP) is 4.57. The Bertz CT molecular complexity index is 494. The van der Waals surface area contributed by atoms with Crippen LogP contribution >= 0.6 is 11.6 Å². The van der Waals surface area contributed by atoms with Crippen LogP contribution in [0.5, 0.6) is 0 Å². The standard InChI is InChI=1S/C17H25ClN2O/c1-4-10-19-16-9-8-14(18)11-15(16)17(21)20-12(2)6-5-7-13(20)3/h8-9,11-13,19H,4-7,10H2,1-3H3. The van der Waals surface area contributed by atoms with Crippen LogP contribution in [0.4, 0.5) is 5.69 Å². The number of anilines is 1. The summed E-state index contributed by atoms with van der Waals surface area (Å²) in [5.74, 6) is 0.0933. The first-order valence-electron chi connectivity index (χ1n) is 7.90. The minimum absolute atomic E-state index is 0.0933. The van der Waals surface area contributed by atoms with E-state index in [4.69, 9.17) is 11.6 Å². The lowest BCUT2D eigenvalue weighted by Crippen LogP contribution is -2.47. The Labute approximate surface area is 132 Å². The Morgan fingerprint density at radius 2 is 2.00 bits per heavy atom. The predicted molar refractivity (Wildman–Crippen MR) is 89.2 cm³/mol. The van der Waals surface area contributed by atoms with Gasteiger partial charge in [-0.3, -0.25) is 4.79 Å². The van der Waals surface area contributed by atoms with E-state index in [9.17, 15) is 4.79 Å². The van der Waals surface area contributed by atoms with Gasteiger partial charge in [-0.25, -0.2) is 0 Å². The van der Waals surface area contributed by atoms with Crippen LogP contribution in [-0.2, 0) is 0 Å². The molecule has 116 valence electrons. The van der Waals surface area contributed by atoms with Crippen molar-refractivity contribution in [2.45, 2.75) is 58.5 Å². The topological polar surface area (TPSA) is 32.3 Å². The highest BCUT2D eigenvalue weighted by atomic mass is 35.5. The fraction of sp³-hybridized carbons (Fsp3) is 0.588. The zero-order valence-corrected chi connectivity index (χ0v) is 13.9. The lowest BCUT2D eigenvalue weighted by molar-refractivity contribution is 0.0512. The second kappa shape index (κ2) is 7.17. The molecule has 21 heavy (non-hydrogen) atoms. The van der Waals surface area contributed by atoms with Crippen molar-refractivity contribution in [3.8, 4) is 0 Å². The van der Waals surface area contributed by atoms with E-state index < -0.39 is 0 Å². The molecule has 0 aliphatic carbocycles. The maximum Gasteiger partial charge on any atom is 0.256 e. The normalized spacial score (nSPS) is 22.2. The van der Waals surface area contributed by atoms with Gasteiger partial charge in [0.25, 0.3) is 5.91 Å². The molecule has 1 heterocycles. The van der Waals surface area contributed by atoms with Crippen LogP contribution in [0.3, 0.4) is 0 Å². The summed E-state index contributed by atoms with van der Waals surface area (Å²) in [6.45, 7) is 7.24. The molecule has 0 aromatic heterocycles. The monoisotopic (exact) mass is 308 g/mol. The number of hydrogen-bond donors (Lipinski definition) is 1. The molecular weight excluding hydrogens is 284 g/mol. The number of benzene rings is 1. The number of halogens is 1. The van der Waals surface area contributed by atoms with Crippen molar-refractivity contribution in [3.63, 3.8) is 0 Å².